The Morgan fingerprint density at radius 2 is 2.12 bits per heavy atom. The van der Waals surface area contributed by atoms with Crippen molar-refractivity contribution in [3.8, 4) is 0 Å². The van der Waals surface area contributed by atoms with Crippen LogP contribution in [0.25, 0.3) is 0 Å². The van der Waals surface area contributed by atoms with E-state index in [0.29, 0.717) is 12.2 Å². The number of ketones is 1. The monoisotopic (exact) mass is 277 g/mol. The molecule has 2 unspecified atom stereocenters. The van der Waals surface area contributed by atoms with Crippen LogP contribution < -0.4 is 0 Å². The minimum absolute atomic E-state index is 0.149. The first kappa shape index (κ1) is 13.4. The molecule has 4 nitrogen and oxygen atoms in total. The lowest BCUT2D eigenvalue weighted by Gasteiger charge is -2.40. The second-order valence-electron chi connectivity index (χ2n) is 4.82. The second-order valence-corrected chi connectivity index (χ2v) is 8.18. The zero-order valence-corrected chi connectivity index (χ0v) is 11.7. The van der Waals surface area contributed by atoms with E-state index in [4.69, 9.17) is 0 Å². The lowest BCUT2D eigenvalue weighted by atomic mass is 9.93. The summed E-state index contributed by atoms with van der Waals surface area (Å²) in [7, 11) is -3.09. The molecule has 2 atom stereocenters. The Bertz CT molecular complexity index is 394. The first-order chi connectivity index (χ1) is 8.00. The Labute approximate surface area is 107 Å². The van der Waals surface area contributed by atoms with Gasteiger partial charge in [-0.25, -0.2) is 8.42 Å². The van der Waals surface area contributed by atoms with E-state index >= 15 is 0 Å². The molecule has 0 N–H and O–H groups in total. The molecule has 0 aromatic rings. The van der Waals surface area contributed by atoms with E-state index in [1.807, 2.05) is 4.90 Å². The summed E-state index contributed by atoms with van der Waals surface area (Å²) in [6, 6.07) is -0.149. The van der Waals surface area contributed by atoms with Gasteiger partial charge >= 0.3 is 0 Å². The Morgan fingerprint density at radius 3 is 2.76 bits per heavy atom. The molecule has 2 aliphatic rings. The standard InChI is InChI=1S/C11H19NO3S2/c1-17(14,15)11-8-16-7-6-12(11)9-4-2-3-5-10(9)13/h9,11H,2-8H2,1H3. The summed E-state index contributed by atoms with van der Waals surface area (Å²) in [6.45, 7) is 0.721. The van der Waals surface area contributed by atoms with Gasteiger partial charge in [0.05, 0.1) is 6.04 Å². The number of sulfone groups is 1. The number of carbonyl (C=O) groups is 1. The summed E-state index contributed by atoms with van der Waals surface area (Å²) >= 11 is 1.67. The molecule has 98 valence electrons. The first-order valence-corrected chi connectivity index (χ1v) is 9.16. The summed E-state index contributed by atoms with van der Waals surface area (Å²) in [6.07, 6.45) is 4.72. The fraction of sp³-hybridized carbons (Fsp3) is 0.909. The van der Waals surface area contributed by atoms with Crippen molar-refractivity contribution < 1.29 is 13.2 Å². The van der Waals surface area contributed by atoms with E-state index in [0.717, 1.165) is 31.6 Å². The van der Waals surface area contributed by atoms with Crippen molar-refractivity contribution in [3.63, 3.8) is 0 Å². The molecule has 6 heteroatoms. The van der Waals surface area contributed by atoms with Crippen LogP contribution in [0.4, 0.5) is 0 Å². The minimum atomic E-state index is -3.09. The summed E-state index contributed by atoms with van der Waals surface area (Å²) in [4.78, 5) is 13.9. The largest absolute Gasteiger partial charge is 0.298 e. The highest BCUT2D eigenvalue weighted by molar-refractivity contribution is 8.00. The van der Waals surface area contributed by atoms with Crippen LogP contribution in [0, 0.1) is 0 Å². The topological polar surface area (TPSA) is 54.5 Å². The highest BCUT2D eigenvalue weighted by atomic mass is 32.2. The number of rotatable bonds is 2. The van der Waals surface area contributed by atoms with Crippen molar-refractivity contribution in [2.75, 3.05) is 24.3 Å². The van der Waals surface area contributed by atoms with Crippen LogP contribution in [0.15, 0.2) is 0 Å². The Morgan fingerprint density at radius 1 is 1.35 bits per heavy atom. The lowest BCUT2D eigenvalue weighted by Crippen LogP contribution is -2.55. The molecule has 0 spiro atoms. The van der Waals surface area contributed by atoms with Crippen molar-refractivity contribution in [1.82, 2.24) is 4.90 Å². The number of Topliss-reactive ketones (excluding diaryl/α,β-unsaturated/α-hetero) is 1. The molecule has 17 heavy (non-hydrogen) atoms. The fourth-order valence-electron chi connectivity index (χ4n) is 2.64. The molecule has 0 aromatic carbocycles. The predicted octanol–water partition coefficient (Wildman–Crippen LogP) is 0.918. The number of nitrogens with zero attached hydrogens (tertiary/aromatic N) is 1. The maximum absolute atomic E-state index is 11.9. The van der Waals surface area contributed by atoms with Crippen LogP contribution in [0.1, 0.15) is 25.7 Å². The van der Waals surface area contributed by atoms with E-state index in [-0.39, 0.29) is 11.8 Å². The fourth-order valence-corrected chi connectivity index (χ4v) is 5.56. The molecule has 2 fully saturated rings. The molecular formula is C11H19NO3S2. The molecule has 0 radical (unpaired) electrons. The van der Waals surface area contributed by atoms with Crippen LogP contribution in [0.2, 0.25) is 0 Å². The molecule has 1 aliphatic carbocycles. The molecule has 0 amide bonds. The van der Waals surface area contributed by atoms with Crippen molar-refractivity contribution in [2.24, 2.45) is 0 Å². The van der Waals surface area contributed by atoms with Gasteiger partial charge in [-0.3, -0.25) is 9.69 Å². The van der Waals surface area contributed by atoms with Crippen LogP contribution in [-0.2, 0) is 14.6 Å². The molecule has 0 bridgehead atoms. The number of thioether (sulfide) groups is 1. The molecule has 1 heterocycles. The average molecular weight is 277 g/mol. The zero-order valence-electron chi connectivity index (χ0n) is 10.1. The van der Waals surface area contributed by atoms with Gasteiger partial charge in [0.2, 0.25) is 0 Å². The summed E-state index contributed by atoms with van der Waals surface area (Å²) in [5.41, 5.74) is 0. The summed E-state index contributed by atoms with van der Waals surface area (Å²) in [5, 5.41) is -0.465. The van der Waals surface area contributed by atoms with E-state index in [1.54, 1.807) is 11.8 Å². The van der Waals surface area contributed by atoms with Gasteiger partial charge in [0.25, 0.3) is 0 Å². The van der Waals surface area contributed by atoms with Gasteiger partial charge in [-0.15, -0.1) is 0 Å². The van der Waals surface area contributed by atoms with E-state index in [2.05, 4.69) is 0 Å². The normalized spacial score (nSPS) is 32.6. The minimum Gasteiger partial charge on any atom is -0.298 e. The van der Waals surface area contributed by atoms with E-state index < -0.39 is 15.2 Å². The van der Waals surface area contributed by atoms with Crippen molar-refractivity contribution in [1.29, 1.82) is 0 Å². The van der Waals surface area contributed by atoms with Gasteiger partial charge in [-0.2, -0.15) is 11.8 Å². The zero-order chi connectivity index (χ0) is 12.5. The summed E-state index contributed by atoms with van der Waals surface area (Å²) < 4.78 is 23.6. The maximum Gasteiger partial charge on any atom is 0.164 e. The van der Waals surface area contributed by atoms with Crippen molar-refractivity contribution in [2.45, 2.75) is 37.1 Å². The molecule has 1 aliphatic heterocycles. The first-order valence-electron chi connectivity index (χ1n) is 6.05. The Balaban J connectivity index is 2.18. The van der Waals surface area contributed by atoms with Crippen LogP contribution in [-0.4, -0.2) is 54.8 Å². The number of hydrogen-bond acceptors (Lipinski definition) is 5. The number of carbonyl (C=O) groups excluding carboxylic acids is 1. The van der Waals surface area contributed by atoms with E-state index in [9.17, 15) is 13.2 Å². The summed E-state index contributed by atoms with van der Waals surface area (Å²) in [5.74, 6) is 1.76. The lowest BCUT2D eigenvalue weighted by molar-refractivity contribution is -0.126. The van der Waals surface area contributed by atoms with Gasteiger partial charge in [0.15, 0.2) is 9.84 Å². The van der Waals surface area contributed by atoms with Crippen LogP contribution in [0.5, 0.6) is 0 Å². The van der Waals surface area contributed by atoms with Crippen LogP contribution in [0.3, 0.4) is 0 Å². The third kappa shape index (κ3) is 3.03. The molecular weight excluding hydrogens is 258 g/mol. The molecule has 1 saturated carbocycles. The van der Waals surface area contributed by atoms with Gasteiger partial charge in [0.1, 0.15) is 11.2 Å². The Kier molecular flexibility index (Phi) is 4.15. The molecule has 1 saturated heterocycles. The number of hydrogen-bond donors (Lipinski definition) is 0. The average Bonchev–Trinajstić information content (AvgIpc) is 2.28. The van der Waals surface area contributed by atoms with E-state index in [1.165, 1.54) is 6.26 Å². The molecule has 0 aromatic heterocycles. The van der Waals surface area contributed by atoms with Gasteiger partial charge in [-0.05, 0) is 12.8 Å². The second kappa shape index (κ2) is 5.28. The highest BCUT2D eigenvalue weighted by Gasteiger charge is 2.38. The van der Waals surface area contributed by atoms with Gasteiger partial charge in [-0.1, -0.05) is 6.42 Å². The SMILES string of the molecule is CS(=O)(=O)C1CSCCN1C1CCCCC1=O. The third-order valence-electron chi connectivity index (χ3n) is 3.54. The van der Waals surface area contributed by atoms with Gasteiger partial charge < -0.3 is 0 Å². The quantitative estimate of drug-likeness (QED) is 0.751. The highest BCUT2D eigenvalue weighted by Crippen LogP contribution is 2.28. The predicted molar refractivity (Wildman–Crippen MR) is 69.9 cm³/mol. The third-order valence-corrected chi connectivity index (χ3v) is 6.20. The van der Waals surface area contributed by atoms with Crippen molar-refractivity contribution in [3.05, 3.63) is 0 Å². The smallest absolute Gasteiger partial charge is 0.164 e. The molecule has 2 rings (SSSR count). The van der Waals surface area contributed by atoms with Crippen molar-refractivity contribution >= 4 is 27.4 Å². The maximum atomic E-state index is 11.9. The Hall–Kier alpha value is -0.0700. The van der Waals surface area contributed by atoms with Crippen LogP contribution >= 0.6 is 11.8 Å². The van der Waals surface area contributed by atoms with Gasteiger partial charge in [0, 0.05) is 30.7 Å².